The highest BCUT2D eigenvalue weighted by Gasteiger charge is 2.65. The number of ether oxygens (including phenoxy) is 2. The quantitative estimate of drug-likeness (QED) is 0.557. The molecule has 0 radical (unpaired) electrons. The van der Waals surface area contributed by atoms with Gasteiger partial charge in [-0.15, -0.1) is 0 Å². The summed E-state index contributed by atoms with van der Waals surface area (Å²) in [6.45, 7) is 6.03. The molecule has 120 valence electrons. The number of ketones is 1. The fraction of sp³-hybridized carbons (Fsp3) is 0.938. The molecule has 3 aliphatic heterocycles. The molecule has 0 spiro atoms. The fourth-order valence-corrected chi connectivity index (χ4v) is 3.80. The minimum Gasteiger partial charge on any atom is -0.359 e. The summed E-state index contributed by atoms with van der Waals surface area (Å²) in [5.41, 5.74) is -0.673. The highest BCUT2D eigenvalue weighted by Crippen LogP contribution is 2.50. The maximum Gasteiger partial charge on any atom is 0.223 e. The Bertz CT molecular complexity index is 398. The minimum atomic E-state index is -0.673. The average molecular weight is 298 g/mol. The van der Waals surface area contributed by atoms with Crippen molar-refractivity contribution < 1.29 is 24.0 Å². The standard InChI is InChI=1S/C16H26O5/c1-4-5-6-7-8-9-16-11(3)12(17)10(2)13(19-16)14-18-15(16)21-20-14/h10-11,13-15H,4-9H2,1-3H3/t10-,11+,13+,14+,15-,16-/m1/s1. The third-order valence-corrected chi connectivity index (χ3v) is 5.29. The first-order valence-corrected chi connectivity index (χ1v) is 8.29. The molecule has 6 atom stereocenters. The Kier molecular flexibility index (Phi) is 4.37. The molecule has 0 N–H and O–H groups in total. The Morgan fingerprint density at radius 2 is 1.86 bits per heavy atom. The third kappa shape index (κ3) is 2.44. The predicted octanol–water partition coefficient (Wildman–Crippen LogP) is 2.97. The summed E-state index contributed by atoms with van der Waals surface area (Å²) >= 11 is 0. The number of carbonyl (C=O) groups is 1. The van der Waals surface area contributed by atoms with E-state index in [1.165, 1.54) is 19.3 Å². The van der Waals surface area contributed by atoms with Gasteiger partial charge in [-0.1, -0.05) is 52.9 Å². The molecular weight excluding hydrogens is 272 g/mol. The van der Waals surface area contributed by atoms with E-state index in [1.807, 2.05) is 13.8 Å². The largest absolute Gasteiger partial charge is 0.359 e. The SMILES string of the molecule is CCCCCCC[C@]12O[C@H]([C@@H]3OO[C@H]1O3)[C@H](C)C(=O)[C@@H]2C. The molecule has 4 bridgehead atoms. The number of rotatable bonds is 6. The summed E-state index contributed by atoms with van der Waals surface area (Å²) in [6.07, 6.45) is 5.18. The monoisotopic (exact) mass is 298 g/mol. The van der Waals surface area contributed by atoms with E-state index >= 15 is 0 Å². The Hall–Kier alpha value is -0.490. The molecule has 0 amide bonds. The van der Waals surface area contributed by atoms with Crippen LogP contribution >= 0.6 is 0 Å². The second-order valence-electron chi connectivity index (χ2n) is 6.64. The Labute approximate surface area is 126 Å². The van der Waals surface area contributed by atoms with Gasteiger partial charge in [-0.2, -0.15) is 9.78 Å². The van der Waals surface area contributed by atoms with Gasteiger partial charge in [0.25, 0.3) is 0 Å². The van der Waals surface area contributed by atoms with Crippen molar-refractivity contribution >= 4 is 5.78 Å². The van der Waals surface area contributed by atoms with Crippen molar-refractivity contribution in [1.82, 2.24) is 0 Å². The summed E-state index contributed by atoms with van der Waals surface area (Å²) in [6, 6.07) is 0. The van der Waals surface area contributed by atoms with E-state index in [2.05, 4.69) is 6.92 Å². The molecule has 3 aliphatic rings. The lowest BCUT2D eigenvalue weighted by molar-refractivity contribution is -0.319. The summed E-state index contributed by atoms with van der Waals surface area (Å²) < 4.78 is 12.1. The number of Topliss-reactive ketones (excluding diaryl/α,β-unsaturated/α-hetero) is 1. The lowest BCUT2D eigenvalue weighted by Crippen LogP contribution is -2.66. The minimum absolute atomic E-state index is 0.208. The van der Waals surface area contributed by atoms with Gasteiger partial charge in [0.05, 0.1) is 0 Å². The van der Waals surface area contributed by atoms with Gasteiger partial charge in [0.2, 0.25) is 12.6 Å². The summed E-state index contributed by atoms with van der Waals surface area (Å²) in [5, 5.41) is 0. The molecule has 0 aromatic rings. The van der Waals surface area contributed by atoms with Crippen LogP contribution in [0.3, 0.4) is 0 Å². The zero-order valence-electron chi connectivity index (χ0n) is 13.2. The lowest BCUT2D eigenvalue weighted by atomic mass is 9.72. The van der Waals surface area contributed by atoms with Gasteiger partial charge in [-0.25, -0.2) is 0 Å². The first-order chi connectivity index (χ1) is 10.1. The van der Waals surface area contributed by atoms with Gasteiger partial charge in [-0.05, 0) is 6.42 Å². The van der Waals surface area contributed by atoms with Gasteiger partial charge >= 0.3 is 0 Å². The van der Waals surface area contributed by atoms with Gasteiger partial charge in [0.1, 0.15) is 17.5 Å². The van der Waals surface area contributed by atoms with Gasteiger partial charge in [-0.3, -0.25) is 4.79 Å². The zero-order valence-corrected chi connectivity index (χ0v) is 13.2. The van der Waals surface area contributed by atoms with E-state index in [0.29, 0.717) is 0 Å². The molecule has 3 fully saturated rings. The predicted molar refractivity (Wildman–Crippen MR) is 75.1 cm³/mol. The molecule has 0 aliphatic carbocycles. The van der Waals surface area contributed by atoms with Gasteiger partial charge < -0.3 is 9.47 Å². The maximum absolute atomic E-state index is 12.6. The van der Waals surface area contributed by atoms with E-state index in [1.54, 1.807) is 0 Å². The van der Waals surface area contributed by atoms with Crippen LogP contribution in [0.5, 0.6) is 0 Å². The number of carbonyl (C=O) groups excluding carboxylic acids is 1. The van der Waals surface area contributed by atoms with Gasteiger partial charge in [0, 0.05) is 11.8 Å². The molecule has 3 rings (SSSR count). The first kappa shape index (κ1) is 15.4. The zero-order chi connectivity index (χ0) is 15.0. The second-order valence-corrected chi connectivity index (χ2v) is 6.64. The normalized spacial score (nSPS) is 45.1. The third-order valence-electron chi connectivity index (χ3n) is 5.29. The lowest BCUT2D eigenvalue weighted by Gasteiger charge is -2.51. The Morgan fingerprint density at radius 1 is 1.10 bits per heavy atom. The summed E-state index contributed by atoms with van der Waals surface area (Å²) in [4.78, 5) is 23.1. The van der Waals surface area contributed by atoms with Crippen LogP contribution in [0.25, 0.3) is 0 Å². The highest BCUT2D eigenvalue weighted by molar-refractivity contribution is 5.85. The molecule has 0 unspecified atom stereocenters. The van der Waals surface area contributed by atoms with E-state index < -0.39 is 18.2 Å². The number of hydrogen-bond acceptors (Lipinski definition) is 5. The molecule has 3 heterocycles. The van der Waals surface area contributed by atoms with Crippen LogP contribution in [0.2, 0.25) is 0 Å². The van der Waals surface area contributed by atoms with Crippen molar-refractivity contribution in [3.63, 3.8) is 0 Å². The van der Waals surface area contributed by atoms with Crippen molar-refractivity contribution in [1.29, 1.82) is 0 Å². The van der Waals surface area contributed by atoms with Crippen LogP contribution in [0, 0.1) is 11.8 Å². The summed E-state index contributed by atoms with van der Waals surface area (Å²) in [5.74, 6) is -0.185. The molecule has 21 heavy (non-hydrogen) atoms. The van der Waals surface area contributed by atoms with Crippen LogP contribution in [-0.4, -0.2) is 30.1 Å². The van der Waals surface area contributed by atoms with Crippen molar-refractivity contribution in [3.05, 3.63) is 0 Å². The molecule has 0 aromatic heterocycles. The average Bonchev–Trinajstić information content (AvgIpc) is 2.93. The van der Waals surface area contributed by atoms with Crippen molar-refractivity contribution in [2.75, 3.05) is 0 Å². The second kappa shape index (κ2) is 5.95. The van der Waals surface area contributed by atoms with Gasteiger partial charge in [0.15, 0.2) is 0 Å². The van der Waals surface area contributed by atoms with E-state index in [4.69, 9.17) is 19.2 Å². The highest BCUT2D eigenvalue weighted by atomic mass is 17.3. The molecule has 5 heteroatoms. The van der Waals surface area contributed by atoms with Crippen LogP contribution < -0.4 is 0 Å². The van der Waals surface area contributed by atoms with E-state index in [-0.39, 0.29) is 23.7 Å². The van der Waals surface area contributed by atoms with E-state index in [0.717, 1.165) is 19.3 Å². The maximum atomic E-state index is 12.6. The molecule has 5 nitrogen and oxygen atoms in total. The Balaban J connectivity index is 1.72. The van der Waals surface area contributed by atoms with Crippen molar-refractivity contribution in [2.24, 2.45) is 11.8 Å². The number of hydrogen-bond donors (Lipinski definition) is 0. The molecular formula is C16H26O5. The fourth-order valence-electron chi connectivity index (χ4n) is 3.80. The summed E-state index contributed by atoms with van der Waals surface area (Å²) in [7, 11) is 0. The number of unbranched alkanes of at least 4 members (excludes halogenated alkanes) is 4. The van der Waals surface area contributed by atoms with Crippen molar-refractivity contribution in [3.8, 4) is 0 Å². The molecule has 0 saturated carbocycles. The van der Waals surface area contributed by atoms with E-state index in [9.17, 15) is 4.79 Å². The van der Waals surface area contributed by atoms with Crippen LogP contribution in [0.15, 0.2) is 0 Å². The van der Waals surface area contributed by atoms with Crippen LogP contribution in [0.1, 0.15) is 59.3 Å². The molecule has 3 saturated heterocycles. The Morgan fingerprint density at radius 3 is 2.62 bits per heavy atom. The topological polar surface area (TPSA) is 54.0 Å². The number of fused-ring (bicyclic) bond motifs is 6. The van der Waals surface area contributed by atoms with Crippen molar-refractivity contribution in [2.45, 2.75) is 83.6 Å². The van der Waals surface area contributed by atoms with Crippen LogP contribution in [-0.2, 0) is 24.0 Å². The first-order valence-electron chi connectivity index (χ1n) is 8.29. The van der Waals surface area contributed by atoms with Crippen LogP contribution in [0.4, 0.5) is 0 Å². The smallest absolute Gasteiger partial charge is 0.223 e. The molecule has 0 aromatic carbocycles.